The molecule has 0 radical (unpaired) electrons. The van der Waals surface area contributed by atoms with Crippen LogP contribution in [0.1, 0.15) is 33.2 Å². The van der Waals surface area contributed by atoms with E-state index in [1.54, 1.807) is 43.3 Å². The van der Waals surface area contributed by atoms with Crippen molar-refractivity contribution in [1.29, 1.82) is 0 Å². The van der Waals surface area contributed by atoms with Gasteiger partial charge >= 0.3 is 5.97 Å². The van der Waals surface area contributed by atoms with Gasteiger partial charge in [-0.15, -0.1) is 0 Å². The van der Waals surface area contributed by atoms with Gasteiger partial charge in [0, 0.05) is 5.69 Å². The van der Waals surface area contributed by atoms with E-state index in [1.807, 2.05) is 0 Å². The lowest BCUT2D eigenvalue weighted by Crippen LogP contribution is -2.31. The number of rotatable bonds is 8. The molecule has 0 aromatic heterocycles. The molecule has 174 valence electrons. The minimum absolute atomic E-state index is 0.0722. The molecule has 0 heterocycles. The minimum atomic E-state index is -0.614. The Balaban J connectivity index is 1.85. The van der Waals surface area contributed by atoms with Gasteiger partial charge in [-0.1, -0.05) is 24.3 Å². The first kappa shape index (κ1) is 24.2. The van der Waals surface area contributed by atoms with Crippen LogP contribution in [-0.4, -0.2) is 31.5 Å². The van der Waals surface area contributed by atoms with Crippen LogP contribution in [0.4, 0.5) is 10.1 Å². The van der Waals surface area contributed by atoms with Crippen LogP contribution in [0.3, 0.4) is 0 Å². The zero-order chi connectivity index (χ0) is 24.5. The number of amides is 2. The van der Waals surface area contributed by atoms with Crippen LogP contribution in [0.2, 0.25) is 0 Å². The highest BCUT2D eigenvalue weighted by atomic mass is 19.1. The van der Waals surface area contributed by atoms with Crippen molar-refractivity contribution in [2.45, 2.75) is 6.92 Å². The number of carbonyl (C=O) groups is 3. The Morgan fingerprint density at radius 2 is 1.62 bits per heavy atom. The molecule has 0 bridgehead atoms. The van der Waals surface area contributed by atoms with Crippen molar-refractivity contribution >= 4 is 29.5 Å². The molecule has 8 heteroatoms. The summed E-state index contributed by atoms with van der Waals surface area (Å²) in [5.74, 6) is -1.73. The number of ether oxygens (including phenoxy) is 2. The van der Waals surface area contributed by atoms with E-state index < -0.39 is 23.6 Å². The number of anilines is 1. The number of methoxy groups -OCH3 is 1. The summed E-state index contributed by atoms with van der Waals surface area (Å²) >= 11 is 0. The highest BCUT2D eigenvalue weighted by Gasteiger charge is 2.18. The molecule has 0 atom stereocenters. The summed E-state index contributed by atoms with van der Waals surface area (Å²) in [5.41, 5.74) is 1.41. The van der Waals surface area contributed by atoms with Crippen molar-refractivity contribution < 1.29 is 28.2 Å². The second kappa shape index (κ2) is 11.4. The van der Waals surface area contributed by atoms with Crippen molar-refractivity contribution in [1.82, 2.24) is 5.32 Å². The first-order valence-electron chi connectivity index (χ1n) is 10.4. The van der Waals surface area contributed by atoms with Crippen LogP contribution in [0, 0.1) is 5.82 Å². The molecule has 0 aliphatic rings. The van der Waals surface area contributed by atoms with Gasteiger partial charge in [0.15, 0.2) is 0 Å². The predicted octanol–water partition coefficient (Wildman–Crippen LogP) is 4.42. The molecule has 0 spiro atoms. The quantitative estimate of drug-likeness (QED) is 0.382. The van der Waals surface area contributed by atoms with Gasteiger partial charge in [-0.3, -0.25) is 9.59 Å². The van der Waals surface area contributed by atoms with Crippen molar-refractivity contribution in [2.24, 2.45) is 0 Å². The fraction of sp³-hybridized carbons (Fsp3) is 0.115. The molecule has 0 saturated heterocycles. The predicted molar refractivity (Wildman–Crippen MR) is 126 cm³/mol. The van der Waals surface area contributed by atoms with Crippen molar-refractivity contribution in [3.63, 3.8) is 0 Å². The van der Waals surface area contributed by atoms with E-state index in [1.165, 1.54) is 49.6 Å². The molecule has 2 N–H and O–H groups in total. The van der Waals surface area contributed by atoms with Gasteiger partial charge in [0.05, 0.1) is 24.8 Å². The van der Waals surface area contributed by atoms with Crippen molar-refractivity contribution in [3.05, 3.63) is 101 Å². The first-order valence-corrected chi connectivity index (χ1v) is 10.4. The molecule has 0 fully saturated rings. The molecule has 0 saturated carbocycles. The molecule has 7 nitrogen and oxygen atoms in total. The van der Waals surface area contributed by atoms with E-state index in [-0.39, 0.29) is 17.9 Å². The molecule has 0 unspecified atom stereocenters. The normalized spacial score (nSPS) is 10.9. The van der Waals surface area contributed by atoms with Gasteiger partial charge < -0.3 is 20.1 Å². The molecule has 0 aliphatic carbocycles. The third kappa shape index (κ3) is 6.29. The van der Waals surface area contributed by atoms with Crippen molar-refractivity contribution in [3.8, 4) is 5.75 Å². The Morgan fingerprint density at radius 1 is 0.941 bits per heavy atom. The molecular formula is C26H23FN2O5. The van der Waals surface area contributed by atoms with Crippen LogP contribution in [-0.2, 0) is 9.53 Å². The average Bonchev–Trinajstić information content (AvgIpc) is 2.85. The highest BCUT2D eigenvalue weighted by molar-refractivity contribution is 6.11. The van der Waals surface area contributed by atoms with Gasteiger partial charge in [0.2, 0.25) is 0 Å². The number of para-hydroxylation sites is 1. The summed E-state index contributed by atoms with van der Waals surface area (Å²) in [6.07, 6.45) is 1.43. The largest absolute Gasteiger partial charge is 0.496 e. The monoisotopic (exact) mass is 462 g/mol. The Hall–Kier alpha value is -4.46. The maximum Gasteiger partial charge on any atom is 0.338 e. The average molecular weight is 462 g/mol. The molecular weight excluding hydrogens is 439 g/mol. The van der Waals surface area contributed by atoms with Crippen LogP contribution < -0.4 is 15.4 Å². The van der Waals surface area contributed by atoms with Gasteiger partial charge in [-0.2, -0.15) is 0 Å². The van der Waals surface area contributed by atoms with E-state index in [0.29, 0.717) is 22.6 Å². The van der Waals surface area contributed by atoms with Crippen LogP contribution in [0.25, 0.3) is 6.08 Å². The Labute approximate surface area is 196 Å². The number of hydrogen-bond acceptors (Lipinski definition) is 5. The standard InChI is InChI=1S/C26H23FN2O5/c1-3-34-26(32)18-10-14-20(15-11-18)28-25(31)22(16-17-8-12-19(27)13-9-17)29-24(30)21-6-4-5-7-23(21)33-2/h4-16H,3H2,1-2H3,(H,28,31)(H,29,30). The van der Waals surface area contributed by atoms with Gasteiger partial charge in [0.25, 0.3) is 11.8 Å². The Bertz CT molecular complexity index is 1200. The van der Waals surface area contributed by atoms with E-state index >= 15 is 0 Å². The second-order valence-electron chi connectivity index (χ2n) is 7.02. The van der Waals surface area contributed by atoms with E-state index in [0.717, 1.165) is 0 Å². The third-order valence-corrected chi connectivity index (χ3v) is 4.68. The zero-order valence-electron chi connectivity index (χ0n) is 18.6. The lowest BCUT2D eigenvalue weighted by Gasteiger charge is -2.13. The van der Waals surface area contributed by atoms with Crippen molar-refractivity contribution in [2.75, 3.05) is 19.0 Å². The van der Waals surface area contributed by atoms with Gasteiger partial charge in [0.1, 0.15) is 17.3 Å². The van der Waals surface area contributed by atoms with Crippen LogP contribution in [0.5, 0.6) is 5.75 Å². The van der Waals surface area contributed by atoms with E-state index in [2.05, 4.69) is 10.6 Å². The zero-order valence-corrected chi connectivity index (χ0v) is 18.6. The highest BCUT2D eigenvalue weighted by Crippen LogP contribution is 2.18. The first-order chi connectivity index (χ1) is 16.4. The number of halogens is 1. The molecule has 3 rings (SSSR count). The molecule has 3 aromatic carbocycles. The topological polar surface area (TPSA) is 93.7 Å². The summed E-state index contributed by atoms with van der Waals surface area (Å²) in [7, 11) is 1.44. The van der Waals surface area contributed by atoms with Gasteiger partial charge in [-0.25, -0.2) is 9.18 Å². The molecule has 0 aliphatic heterocycles. The maximum absolute atomic E-state index is 13.3. The van der Waals surface area contributed by atoms with E-state index in [9.17, 15) is 18.8 Å². The summed E-state index contributed by atoms with van der Waals surface area (Å²) in [4.78, 5) is 37.7. The summed E-state index contributed by atoms with van der Waals surface area (Å²) in [5, 5.41) is 5.28. The lowest BCUT2D eigenvalue weighted by atomic mass is 10.1. The molecule has 2 amide bonds. The molecule has 3 aromatic rings. The lowest BCUT2D eigenvalue weighted by molar-refractivity contribution is -0.113. The Kier molecular flexibility index (Phi) is 8.12. The number of nitrogens with one attached hydrogen (secondary N) is 2. The number of benzene rings is 3. The van der Waals surface area contributed by atoms with Gasteiger partial charge in [-0.05, 0) is 67.1 Å². The minimum Gasteiger partial charge on any atom is -0.496 e. The van der Waals surface area contributed by atoms with Crippen LogP contribution in [0.15, 0.2) is 78.5 Å². The summed E-state index contributed by atoms with van der Waals surface area (Å²) in [6.45, 7) is 1.96. The fourth-order valence-electron chi connectivity index (χ4n) is 3.01. The number of esters is 1. The summed E-state index contributed by atoms with van der Waals surface area (Å²) in [6, 6.07) is 18.2. The smallest absolute Gasteiger partial charge is 0.338 e. The SMILES string of the molecule is CCOC(=O)c1ccc(NC(=O)C(=Cc2ccc(F)cc2)NC(=O)c2ccccc2OC)cc1. The second-order valence-corrected chi connectivity index (χ2v) is 7.02. The van der Waals surface area contributed by atoms with Crippen LogP contribution >= 0.6 is 0 Å². The third-order valence-electron chi connectivity index (χ3n) is 4.68. The number of carbonyl (C=O) groups excluding carboxylic acids is 3. The number of hydrogen-bond donors (Lipinski definition) is 2. The summed E-state index contributed by atoms with van der Waals surface area (Å²) < 4.78 is 23.5. The molecule has 34 heavy (non-hydrogen) atoms. The van der Waals surface area contributed by atoms with E-state index in [4.69, 9.17) is 9.47 Å². The maximum atomic E-state index is 13.3. The Morgan fingerprint density at radius 3 is 2.26 bits per heavy atom. The fourth-order valence-corrected chi connectivity index (χ4v) is 3.01.